The second-order valence-corrected chi connectivity index (χ2v) is 8.19. The highest BCUT2D eigenvalue weighted by molar-refractivity contribution is 7.92. The first kappa shape index (κ1) is 19.7. The van der Waals surface area contributed by atoms with Crippen molar-refractivity contribution in [2.45, 2.75) is 17.2 Å². The summed E-state index contributed by atoms with van der Waals surface area (Å²) in [4.78, 5) is 23.6. The van der Waals surface area contributed by atoms with Crippen molar-refractivity contribution >= 4 is 33.3 Å². The Morgan fingerprint density at radius 3 is 2.58 bits per heavy atom. The molecule has 1 aromatic heterocycles. The third-order valence-electron chi connectivity index (χ3n) is 3.28. The van der Waals surface area contributed by atoms with E-state index in [4.69, 9.17) is 10.5 Å². The van der Waals surface area contributed by atoms with E-state index in [0.717, 1.165) is 17.4 Å². The van der Waals surface area contributed by atoms with E-state index in [0.29, 0.717) is 4.88 Å². The standard InChI is InChI=1S/C15H16FN3O5S2/c1-8(12-5-6-13(25-12)26(22,23)19-15(17)21)18-14(20)10-7-9(16)3-4-11(10)24-2/h3-8H,1-2H3,(H,18,20)(H3,17,19,21). The summed E-state index contributed by atoms with van der Waals surface area (Å²) in [6.07, 6.45) is 0. The van der Waals surface area contributed by atoms with Crippen LogP contribution in [0.1, 0.15) is 28.2 Å². The second-order valence-electron chi connectivity index (χ2n) is 5.17. The molecule has 0 aliphatic heterocycles. The minimum absolute atomic E-state index is 0.0131. The van der Waals surface area contributed by atoms with Crippen LogP contribution < -0.4 is 20.5 Å². The van der Waals surface area contributed by atoms with Crippen molar-refractivity contribution in [3.8, 4) is 5.75 Å². The number of primary amides is 1. The SMILES string of the molecule is COc1ccc(F)cc1C(=O)NC(C)c1ccc(S(=O)(=O)NC(N)=O)s1. The van der Waals surface area contributed by atoms with Gasteiger partial charge in [-0.2, -0.15) is 0 Å². The van der Waals surface area contributed by atoms with Crippen LogP contribution in [0.15, 0.2) is 34.5 Å². The number of methoxy groups -OCH3 is 1. The molecule has 26 heavy (non-hydrogen) atoms. The number of nitrogens with two attached hydrogens (primary N) is 1. The predicted molar refractivity (Wildman–Crippen MR) is 93.1 cm³/mol. The first-order valence-corrected chi connectivity index (χ1v) is 9.50. The molecule has 0 saturated heterocycles. The van der Waals surface area contributed by atoms with Crippen molar-refractivity contribution in [3.63, 3.8) is 0 Å². The van der Waals surface area contributed by atoms with Crippen molar-refractivity contribution < 1.29 is 27.1 Å². The van der Waals surface area contributed by atoms with Gasteiger partial charge in [-0.3, -0.25) is 4.79 Å². The Balaban J connectivity index is 2.18. The van der Waals surface area contributed by atoms with E-state index in [2.05, 4.69) is 5.32 Å². The number of sulfonamides is 1. The first-order valence-electron chi connectivity index (χ1n) is 7.20. The molecule has 3 amide bonds. The molecule has 4 N–H and O–H groups in total. The topological polar surface area (TPSA) is 128 Å². The maximum atomic E-state index is 13.4. The Morgan fingerprint density at radius 1 is 1.27 bits per heavy atom. The van der Waals surface area contributed by atoms with Crippen LogP contribution in [0, 0.1) is 5.82 Å². The molecule has 1 heterocycles. The predicted octanol–water partition coefficient (Wildman–Crippen LogP) is 1.74. The number of benzene rings is 1. The number of carbonyl (C=O) groups excluding carboxylic acids is 2. The number of rotatable bonds is 6. The van der Waals surface area contributed by atoms with E-state index in [9.17, 15) is 22.4 Å². The first-order chi connectivity index (χ1) is 12.1. The Kier molecular flexibility index (Phi) is 5.83. The minimum Gasteiger partial charge on any atom is -0.496 e. The van der Waals surface area contributed by atoms with E-state index < -0.39 is 33.8 Å². The van der Waals surface area contributed by atoms with E-state index in [-0.39, 0.29) is 15.5 Å². The summed E-state index contributed by atoms with van der Waals surface area (Å²) in [5.74, 6) is -0.969. The van der Waals surface area contributed by atoms with Crippen molar-refractivity contribution in [1.82, 2.24) is 10.0 Å². The van der Waals surface area contributed by atoms with Crippen LogP contribution in [0.2, 0.25) is 0 Å². The molecule has 1 atom stereocenters. The van der Waals surface area contributed by atoms with Gasteiger partial charge in [0.25, 0.3) is 15.9 Å². The van der Waals surface area contributed by atoms with Crippen LogP contribution in [-0.4, -0.2) is 27.5 Å². The number of halogens is 1. The Morgan fingerprint density at radius 2 is 1.96 bits per heavy atom. The maximum Gasteiger partial charge on any atom is 0.326 e. The van der Waals surface area contributed by atoms with Gasteiger partial charge < -0.3 is 15.8 Å². The quantitative estimate of drug-likeness (QED) is 0.679. The summed E-state index contributed by atoms with van der Waals surface area (Å²) in [6.45, 7) is 1.63. The maximum absolute atomic E-state index is 13.4. The molecule has 2 rings (SSSR count). The van der Waals surface area contributed by atoms with Gasteiger partial charge in [0, 0.05) is 4.88 Å². The number of hydrogen-bond acceptors (Lipinski definition) is 6. The summed E-state index contributed by atoms with van der Waals surface area (Å²) in [5.41, 5.74) is 4.84. The molecule has 0 fully saturated rings. The van der Waals surface area contributed by atoms with Crippen LogP contribution in [0.4, 0.5) is 9.18 Å². The lowest BCUT2D eigenvalue weighted by Crippen LogP contribution is -2.34. The summed E-state index contributed by atoms with van der Waals surface area (Å²) in [5, 5.41) is 2.64. The number of hydrogen-bond donors (Lipinski definition) is 3. The largest absolute Gasteiger partial charge is 0.496 e. The van der Waals surface area contributed by atoms with Gasteiger partial charge in [-0.05, 0) is 37.3 Å². The molecular formula is C15H16FN3O5S2. The smallest absolute Gasteiger partial charge is 0.326 e. The van der Waals surface area contributed by atoms with E-state index >= 15 is 0 Å². The van der Waals surface area contributed by atoms with E-state index in [1.807, 2.05) is 0 Å². The zero-order chi connectivity index (χ0) is 19.5. The van der Waals surface area contributed by atoms with Crippen LogP contribution in [-0.2, 0) is 10.0 Å². The van der Waals surface area contributed by atoms with Crippen LogP contribution in [0.25, 0.3) is 0 Å². The van der Waals surface area contributed by atoms with Gasteiger partial charge in [0.15, 0.2) is 0 Å². The van der Waals surface area contributed by atoms with Crippen molar-refractivity contribution in [1.29, 1.82) is 0 Å². The van der Waals surface area contributed by atoms with Crippen molar-refractivity contribution in [2.75, 3.05) is 7.11 Å². The zero-order valence-electron chi connectivity index (χ0n) is 13.8. The van der Waals surface area contributed by atoms with Gasteiger partial charge in [-0.25, -0.2) is 22.3 Å². The normalized spacial score (nSPS) is 12.3. The summed E-state index contributed by atoms with van der Waals surface area (Å²) in [7, 11) is -2.70. The van der Waals surface area contributed by atoms with Gasteiger partial charge in [0.1, 0.15) is 15.8 Å². The fourth-order valence-electron chi connectivity index (χ4n) is 2.10. The van der Waals surface area contributed by atoms with Crippen LogP contribution in [0.5, 0.6) is 5.75 Å². The van der Waals surface area contributed by atoms with Gasteiger partial charge in [-0.1, -0.05) is 0 Å². The molecule has 0 saturated carbocycles. The Hall–Kier alpha value is -2.66. The molecule has 0 bridgehead atoms. The highest BCUT2D eigenvalue weighted by Crippen LogP contribution is 2.27. The number of amides is 3. The van der Waals surface area contributed by atoms with Gasteiger partial charge in [-0.15, -0.1) is 11.3 Å². The molecule has 2 aromatic rings. The summed E-state index contributed by atoms with van der Waals surface area (Å²) >= 11 is 0.862. The van der Waals surface area contributed by atoms with Crippen molar-refractivity contribution in [2.24, 2.45) is 5.73 Å². The van der Waals surface area contributed by atoms with Gasteiger partial charge >= 0.3 is 6.03 Å². The molecule has 0 aliphatic rings. The molecule has 0 spiro atoms. The minimum atomic E-state index is -4.06. The fourth-order valence-corrected chi connectivity index (χ4v) is 4.30. The lowest BCUT2D eigenvalue weighted by Gasteiger charge is -2.14. The van der Waals surface area contributed by atoms with Crippen LogP contribution >= 0.6 is 11.3 Å². The molecule has 1 aromatic carbocycles. The number of thiophene rings is 1. The number of urea groups is 1. The second kappa shape index (κ2) is 7.70. The number of carbonyl (C=O) groups is 2. The highest BCUT2D eigenvalue weighted by atomic mass is 32.2. The summed E-state index contributed by atoms with van der Waals surface area (Å²) in [6, 6.07) is 4.56. The average molecular weight is 401 g/mol. The lowest BCUT2D eigenvalue weighted by atomic mass is 10.1. The molecule has 0 aliphatic carbocycles. The average Bonchev–Trinajstić information content (AvgIpc) is 3.04. The Bertz CT molecular complexity index is 943. The number of ether oxygens (including phenoxy) is 1. The third kappa shape index (κ3) is 4.49. The number of nitrogens with one attached hydrogen (secondary N) is 2. The van der Waals surface area contributed by atoms with E-state index in [1.54, 1.807) is 11.6 Å². The van der Waals surface area contributed by atoms with E-state index in [1.165, 1.54) is 31.4 Å². The highest BCUT2D eigenvalue weighted by Gasteiger charge is 2.22. The molecule has 8 nitrogen and oxygen atoms in total. The van der Waals surface area contributed by atoms with Crippen molar-refractivity contribution in [3.05, 3.63) is 46.6 Å². The summed E-state index contributed by atoms with van der Waals surface area (Å²) < 4.78 is 43.8. The Labute approximate surface area is 153 Å². The molecular weight excluding hydrogens is 385 g/mol. The fraction of sp³-hybridized carbons (Fsp3) is 0.200. The van der Waals surface area contributed by atoms with Crippen LogP contribution in [0.3, 0.4) is 0 Å². The molecule has 11 heteroatoms. The molecule has 140 valence electrons. The third-order valence-corrected chi connectivity index (χ3v) is 6.39. The van der Waals surface area contributed by atoms with Gasteiger partial charge in [0.05, 0.1) is 18.7 Å². The molecule has 0 radical (unpaired) electrons. The van der Waals surface area contributed by atoms with Gasteiger partial charge in [0.2, 0.25) is 0 Å². The molecule has 1 unspecified atom stereocenters. The lowest BCUT2D eigenvalue weighted by molar-refractivity contribution is 0.0937. The zero-order valence-corrected chi connectivity index (χ0v) is 15.4. The monoisotopic (exact) mass is 401 g/mol.